The van der Waals surface area contributed by atoms with Crippen molar-refractivity contribution in [3.63, 3.8) is 0 Å². The number of hydrogen-bond acceptors (Lipinski definition) is 3. The van der Waals surface area contributed by atoms with Gasteiger partial charge in [-0.3, -0.25) is 4.99 Å². The lowest BCUT2D eigenvalue weighted by atomic mass is 9.98. The van der Waals surface area contributed by atoms with Gasteiger partial charge in [0.25, 0.3) is 0 Å². The minimum absolute atomic E-state index is 0. The van der Waals surface area contributed by atoms with Gasteiger partial charge in [-0.25, -0.2) is 12.8 Å². The smallest absolute Gasteiger partial charge is 0.243 e. The topological polar surface area (TPSA) is 73.8 Å². The highest BCUT2D eigenvalue weighted by Gasteiger charge is 2.29. The van der Waals surface area contributed by atoms with Crippen molar-refractivity contribution in [1.29, 1.82) is 0 Å². The molecule has 0 radical (unpaired) electrons. The van der Waals surface area contributed by atoms with Crippen LogP contribution < -0.4 is 10.6 Å². The largest absolute Gasteiger partial charge is 0.356 e. The average molecular weight is 546 g/mol. The Morgan fingerprint density at radius 1 is 1.07 bits per heavy atom. The summed E-state index contributed by atoms with van der Waals surface area (Å²) in [5, 5.41) is 6.51. The highest BCUT2D eigenvalue weighted by molar-refractivity contribution is 14.0. The van der Waals surface area contributed by atoms with Crippen LogP contribution in [0.4, 0.5) is 4.39 Å². The number of hydrogen-bond donors (Lipinski definition) is 2. The molecule has 164 valence electrons. The molecule has 1 saturated heterocycles. The van der Waals surface area contributed by atoms with E-state index in [0.29, 0.717) is 36.4 Å². The van der Waals surface area contributed by atoms with Gasteiger partial charge in [-0.1, -0.05) is 30.3 Å². The van der Waals surface area contributed by atoms with Gasteiger partial charge in [-0.2, -0.15) is 4.31 Å². The Labute approximate surface area is 195 Å². The maximum atomic E-state index is 13.0. The Morgan fingerprint density at radius 2 is 1.70 bits per heavy atom. The predicted molar refractivity (Wildman–Crippen MR) is 128 cm³/mol. The van der Waals surface area contributed by atoms with E-state index in [4.69, 9.17) is 0 Å². The van der Waals surface area contributed by atoms with E-state index < -0.39 is 10.0 Å². The SMILES string of the molecule is CN=C(NCc1ccc(F)cc1)NCC1CCN(S(=O)(=O)c2ccccc2)CC1.I. The summed E-state index contributed by atoms with van der Waals surface area (Å²) in [6, 6.07) is 14.9. The summed E-state index contributed by atoms with van der Waals surface area (Å²) in [7, 11) is -1.71. The lowest BCUT2D eigenvalue weighted by Crippen LogP contribution is -2.44. The van der Waals surface area contributed by atoms with Crippen molar-refractivity contribution in [3.8, 4) is 0 Å². The molecule has 1 fully saturated rings. The summed E-state index contributed by atoms with van der Waals surface area (Å²) in [5.41, 5.74) is 0.966. The van der Waals surface area contributed by atoms with Gasteiger partial charge < -0.3 is 10.6 Å². The second-order valence-corrected chi connectivity index (χ2v) is 9.03. The number of nitrogens with one attached hydrogen (secondary N) is 2. The van der Waals surface area contributed by atoms with E-state index in [0.717, 1.165) is 24.9 Å². The molecule has 3 rings (SSSR count). The van der Waals surface area contributed by atoms with Crippen LogP contribution >= 0.6 is 24.0 Å². The molecule has 1 heterocycles. The van der Waals surface area contributed by atoms with Crippen molar-refractivity contribution < 1.29 is 12.8 Å². The average Bonchev–Trinajstić information content (AvgIpc) is 2.76. The van der Waals surface area contributed by atoms with E-state index in [9.17, 15) is 12.8 Å². The van der Waals surface area contributed by atoms with E-state index in [2.05, 4.69) is 15.6 Å². The quantitative estimate of drug-likeness (QED) is 0.332. The fourth-order valence-electron chi connectivity index (χ4n) is 3.34. The molecule has 0 amide bonds. The van der Waals surface area contributed by atoms with Crippen molar-refractivity contribution in [1.82, 2.24) is 14.9 Å². The van der Waals surface area contributed by atoms with Crippen molar-refractivity contribution in [2.45, 2.75) is 24.3 Å². The number of halogens is 2. The van der Waals surface area contributed by atoms with Gasteiger partial charge in [0, 0.05) is 33.2 Å². The second kappa shape index (κ2) is 11.6. The minimum atomic E-state index is -3.41. The molecule has 1 aliphatic rings. The maximum Gasteiger partial charge on any atom is 0.243 e. The molecule has 0 spiro atoms. The summed E-state index contributed by atoms with van der Waals surface area (Å²) >= 11 is 0. The minimum Gasteiger partial charge on any atom is -0.356 e. The molecule has 0 unspecified atom stereocenters. The van der Waals surface area contributed by atoms with Crippen LogP contribution in [0.3, 0.4) is 0 Å². The summed E-state index contributed by atoms with van der Waals surface area (Å²) in [6.45, 7) is 2.31. The number of rotatable bonds is 6. The van der Waals surface area contributed by atoms with E-state index in [1.165, 1.54) is 12.1 Å². The molecule has 30 heavy (non-hydrogen) atoms. The third-order valence-electron chi connectivity index (χ3n) is 5.11. The first-order valence-corrected chi connectivity index (χ1v) is 11.2. The van der Waals surface area contributed by atoms with Crippen LogP contribution in [0.25, 0.3) is 0 Å². The standard InChI is InChI=1S/C21H27FN4O2S.HI/c1-23-21(24-15-17-7-9-19(22)10-8-17)25-16-18-11-13-26(14-12-18)29(27,28)20-5-3-2-4-6-20;/h2-10,18H,11-16H2,1H3,(H2,23,24,25);1H. The number of aliphatic imine (C=N–C) groups is 1. The fraction of sp³-hybridized carbons (Fsp3) is 0.381. The monoisotopic (exact) mass is 546 g/mol. The van der Waals surface area contributed by atoms with Gasteiger partial charge in [0.15, 0.2) is 5.96 Å². The summed E-state index contributed by atoms with van der Waals surface area (Å²) in [4.78, 5) is 4.56. The molecule has 2 N–H and O–H groups in total. The summed E-state index contributed by atoms with van der Waals surface area (Å²) < 4.78 is 40.0. The van der Waals surface area contributed by atoms with Gasteiger partial charge in [0.2, 0.25) is 10.0 Å². The van der Waals surface area contributed by atoms with Crippen molar-refractivity contribution in [2.24, 2.45) is 10.9 Å². The maximum absolute atomic E-state index is 13.0. The highest BCUT2D eigenvalue weighted by Crippen LogP contribution is 2.23. The Kier molecular flexibility index (Phi) is 9.50. The van der Waals surface area contributed by atoms with Crippen LogP contribution in [0.5, 0.6) is 0 Å². The van der Waals surface area contributed by atoms with E-state index in [1.54, 1.807) is 47.8 Å². The van der Waals surface area contributed by atoms with E-state index in [1.807, 2.05) is 6.07 Å². The molecular formula is C21H28FIN4O2S. The predicted octanol–water partition coefficient (Wildman–Crippen LogP) is 3.21. The van der Waals surface area contributed by atoms with Gasteiger partial charge >= 0.3 is 0 Å². The summed E-state index contributed by atoms with van der Waals surface area (Å²) in [6.07, 6.45) is 1.60. The van der Waals surface area contributed by atoms with Crippen molar-refractivity contribution in [3.05, 3.63) is 66.0 Å². The first-order valence-electron chi connectivity index (χ1n) is 9.73. The van der Waals surface area contributed by atoms with E-state index in [-0.39, 0.29) is 29.8 Å². The molecule has 0 bridgehead atoms. The Hall–Kier alpha value is -1.72. The van der Waals surface area contributed by atoms with Crippen LogP contribution in [0.15, 0.2) is 64.5 Å². The number of sulfonamides is 1. The van der Waals surface area contributed by atoms with Crippen LogP contribution in [-0.4, -0.2) is 45.4 Å². The molecule has 0 aliphatic carbocycles. The lowest BCUT2D eigenvalue weighted by Gasteiger charge is -2.31. The Balaban J connectivity index is 0.00000320. The molecule has 0 atom stereocenters. The first-order chi connectivity index (χ1) is 14.0. The lowest BCUT2D eigenvalue weighted by molar-refractivity contribution is 0.273. The number of nitrogens with zero attached hydrogens (tertiary/aromatic N) is 2. The molecule has 2 aromatic carbocycles. The first kappa shape index (κ1) is 24.5. The summed E-state index contributed by atoms with van der Waals surface area (Å²) in [5.74, 6) is 0.798. The van der Waals surface area contributed by atoms with Gasteiger partial charge in [0.05, 0.1) is 4.90 Å². The molecule has 9 heteroatoms. The zero-order chi connectivity index (χ0) is 20.7. The fourth-order valence-corrected chi connectivity index (χ4v) is 4.84. The molecule has 0 aromatic heterocycles. The van der Waals surface area contributed by atoms with Crippen LogP contribution in [0, 0.1) is 11.7 Å². The molecule has 2 aromatic rings. The Morgan fingerprint density at radius 3 is 2.30 bits per heavy atom. The van der Waals surface area contributed by atoms with E-state index >= 15 is 0 Å². The third-order valence-corrected chi connectivity index (χ3v) is 7.02. The van der Waals surface area contributed by atoms with Crippen LogP contribution in [-0.2, 0) is 16.6 Å². The van der Waals surface area contributed by atoms with Gasteiger partial charge in [0.1, 0.15) is 5.82 Å². The second-order valence-electron chi connectivity index (χ2n) is 7.09. The van der Waals surface area contributed by atoms with Gasteiger partial charge in [-0.15, -0.1) is 24.0 Å². The van der Waals surface area contributed by atoms with Crippen molar-refractivity contribution >= 4 is 40.0 Å². The molecule has 1 aliphatic heterocycles. The molecular weight excluding hydrogens is 518 g/mol. The molecule has 6 nitrogen and oxygen atoms in total. The zero-order valence-electron chi connectivity index (χ0n) is 16.9. The highest BCUT2D eigenvalue weighted by atomic mass is 127. The number of benzene rings is 2. The normalized spacial score (nSPS) is 16.0. The zero-order valence-corrected chi connectivity index (χ0v) is 20.1. The third kappa shape index (κ3) is 6.64. The van der Waals surface area contributed by atoms with Gasteiger partial charge in [-0.05, 0) is 48.6 Å². The van der Waals surface area contributed by atoms with Crippen LogP contribution in [0.1, 0.15) is 18.4 Å². The molecule has 0 saturated carbocycles. The number of guanidine groups is 1. The van der Waals surface area contributed by atoms with Crippen molar-refractivity contribution in [2.75, 3.05) is 26.7 Å². The van der Waals surface area contributed by atoms with Crippen LogP contribution in [0.2, 0.25) is 0 Å². The number of piperidine rings is 1. The Bertz CT molecular complexity index is 916.